The van der Waals surface area contributed by atoms with Crippen molar-refractivity contribution < 1.29 is 9.47 Å². The molecule has 2 aromatic rings. The van der Waals surface area contributed by atoms with E-state index in [4.69, 9.17) is 9.47 Å². The van der Waals surface area contributed by atoms with Gasteiger partial charge in [0.2, 0.25) is 0 Å². The van der Waals surface area contributed by atoms with E-state index in [-0.39, 0.29) is 0 Å². The Labute approximate surface area is 139 Å². The van der Waals surface area contributed by atoms with E-state index in [1.807, 2.05) is 38.1 Å². The van der Waals surface area contributed by atoms with E-state index in [0.717, 1.165) is 37.4 Å². The van der Waals surface area contributed by atoms with Crippen LogP contribution in [0, 0.1) is 0 Å². The molecular formula is C20H27NO2. The van der Waals surface area contributed by atoms with Gasteiger partial charge < -0.3 is 14.8 Å². The molecule has 0 amide bonds. The minimum atomic E-state index is 0.707. The van der Waals surface area contributed by atoms with Crippen LogP contribution in [-0.2, 0) is 12.8 Å². The van der Waals surface area contributed by atoms with Gasteiger partial charge >= 0.3 is 0 Å². The van der Waals surface area contributed by atoms with E-state index >= 15 is 0 Å². The van der Waals surface area contributed by atoms with Crippen molar-refractivity contribution >= 4 is 0 Å². The summed E-state index contributed by atoms with van der Waals surface area (Å²) in [6, 6.07) is 16.5. The number of ether oxygens (including phenoxy) is 2. The van der Waals surface area contributed by atoms with Gasteiger partial charge in [-0.05, 0) is 63.0 Å². The summed E-state index contributed by atoms with van der Waals surface area (Å²) in [5.74, 6) is 2.00. The van der Waals surface area contributed by atoms with E-state index in [2.05, 4.69) is 29.6 Å². The minimum Gasteiger partial charge on any atom is -0.494 e. The summed E-state index contributed by atoms with van der Waals surface area (Å²) >= 11 is 0. The fourth-order valence-electron chi connectivity index (χ4n) is 2.58. The van der Waals surface area contributed by atoms with Crippen molar-refractivity contribution in [2.45, 2.75) is 26.7 Å². The van der Waals surface area contributed by atoms with Crippen molar-refractivity contribution in [3.05, 3.63) is 59.7 Å². The molecule has 0 aliphatic heterocycles. The number of para-hydroxylation sites is 2. The van der Waals surface area contributed by atoms with Crippen LogP contribution in [-0.4, -0.2) is 26.3 Å². The molecule has 124 valence electrons. The quantitative estimate of drug-likeness (QED) is 0.676. The van der Waals surface area contributed by atoms with Gasteiger partial charge in [-0.1, -0.05) is 36.4 Å². The lowest BCUT2D eigenvalue weighted by Gasteiger charge is -2.12. The normalized spacial score (nSPS) is 10.5. The highest BCUT2D eigenvalue weighted by Crippen LogP contribution is 2.19. The Morgan fingerprint density at radius 2 is 1.13 bits per heavy atom. The highest BCUT2D eigenvalue weighted by Gasteiger charge is 2.03. The van der Waals surface area contributed by atoms with Crippen molar-refractivity contribution in [3.8, 4) is 11.5 Å². The third-order valence-electron chi connectivity index (χ3n) is 3.69. The van der Waals surface area contributed by atoms with E-state index in [0.29, 0.717) is 13.2 Å². The molecule has 0 heterocycles. The zero-order chi connectivity index (χ0) is 16.3. The summed E-state index contributed by atoms with van der Waals surface area (Å²) in [4.78, 5) is 0. The average molecular weight is 313 g/mol. The fourth-order valence-corrected chi connectivity index (χ4v) is 2.58. The number of rotatable bonds is 10. The van der Waals surface area contributed by atoms with Crippen molar-refractivity contribution in [3.63, 3.8) is 0 Å². The first-order valence-electron chi connectivity index (χ1n) is 8.47. The second-order valence-corrected chi connectivity index (χ2v) is 5.33. The molecule has 0 saturated carbocycles. The van der Waals surface area contributed by atoms with Gasteiger partial charge in [-0.25, -0.2) is 0 Å². The molecule has 2 rings (SSSR count). The first-order valence-corrected chi connectivity index (χ1v) is 8.47. The summed E-state index contributed by atoms with van der Waals surface area (Å²) in [5, 5.41) is 3.51. The molecule has 0 spiro atoms. The number of benzene rings is 2. The second-order valence-electron chi connectivity index (χ2n) is 5.33. The van der Waals surface area contributed by atoms with Crippen molar-refractivity contribution in [1.82, 2.24) is 5.32 Å². The Bertz CT molecular complexity index is 532. The van der Waals surface area contributed by atoms with Gasteiger partial charge in [-0.3, -0.25) is 0 Å². The predicted octanol–water partition coefficient (Wildman–Crippen LogP) is 3.86. The maximum Gasteiger partial charge on any atom is 0.122 e. The standard InChI is InChI=1S/C20H27NO2/c1-3-22-19-11-7-5-9-17(19)13-15-21-16-14-18-10-6-8-12-20(18)23-4-2/h5-12,21H,3-4,13-16H2,1-2H3. The molecule has 0 unspecified atom stereocenters. The molecule has 1 N–H and O–H groups in total. The van der Waals surface area contributed by atoms with Crippen molar-refractivity contribution in [1.29, 1.82) is 0 Å². The average Bonchev–Trinajstić information content (AvgIpc) is 2.58. The zero-order valence-electron chi connectivity index (χ0n) is 14.2. The predicted molar refractivity (Wildman–Crippen MR) is 95.5 cm³/mol. The molecule has 2 aromatic carbocycles. The van der Waals surface area contributed by atoms with E-state index < -0.39 is 0 Å². The number of nitrogens with one attached hydrogen (secondary N) is 1. The lowest BCUT2D eigenvalue weighted by atomic mass is 10.1. The molecule has 0 fully saturated rings. The van der Waals surface area contributed by atoms with Gasteiger partial charge in [-0.15, -0.1) is 0 Å². The van der Waals surface area contributed by atoms with E-state index in [9.17, 15) is 0 Å². The molecule has 0 aliphatic rings. The van der Waals surface area contributed by atoms with Crippen LogP contribution in [0.15, 0.2) is 48.5 Å². The largest absolute Gasteiger partial charge is 0.494 e. The Morgan fingerprint density at radius 1 is 0.696 bits per heavy atom. The van der Waals surface area contributed by atoms with Gasteiger partial charge in [0.25, 0.3) is 0 Å². The zero-order valence-corrected chi connectivity index (χ0v) is 14.2. The van der Waals surface area contributed by atoms with Gasteiger partial charge in [0.1, 0.15) is 11.5 Å². The van der Waals surface area contributed by atoms with Gasteiger partial charge in [-0.2, -0.15) is 0 Å². The Morgan fingerprint density at radius 3 is 1.57 bits per heavy atom. The van der Waals surface area contributed by atoms with Crippen LogP contribution in [0.1, 0.15) is 25.0 Å². The Balaban J connectivity index is 1.76. The second kappa shape index (κ2) is 9.90. The summed E-state index contributed by atoms with van der Waals surface area (Å²) in [6.45, 7) is 7.34. The summed E-state index contributed by atoms with van der Waals surface area (Å²) in [5.41, 5.74) is 2.52. The van der Waals surface area contributed by atoms with Crippen molar-refractivity contribution in [2.75, 3.05) is 26.3 Å². The first-order chi connectivity index (χ1) is 11.3. The van der Waals surface area contributed by atoms with E-state index in [1.165, 1.54) is 11.1 Å². The van der Waals surface area contributed by atoms with Crippen molar-refractivity contribution in [2.24, 2.45) is 0 Å². The van der Waals surface area contributed by atoms with Crippen LogP contribution in [0.3, 0.4) is 0 Å². The SMILES string of the molecule is CCOc1ccccc1CCNCCc1ccccc1OCC. The fraction of sp³-hybridized carbons (Fsp3) is 0.400. The maximum atomic E-state index is 5.66. The molecule has 0 atom stereocenters. The maximum absolute atomic E-state index is 5.66. The summed E-state index contributed by atoms with van der Waals surface area (Å²) < 4.78 is 11.3. The highest BCUT2D eigenvalue weighted by atomic mass is 16.5. The highest BCUT2D eigenvalue weighted by molar-refractivity contribution is 5.34. The summed E-state index contributed by atoms with van der Waals surface area (Å²) in [6.07, 6.45) is 1.95. The lowest BCUT2D eigenvalue weighted by molar-refractivity contribution is 0.336. The van der Waals surface area contributed by atoms with Crippen LogP contribution >= 0.6 is 0 Å². The number of hydrogen-bond acceptors (Lipinski definition) is 3. The molecule has 0 aromatic heterocycles. The van der Waals surface area contributed by atoms with Gasteiger partial charge in [0.05, 0.1) is 13.2 Å². The van der Waals surface area contributed by atoms with E-state index in [1.54, 1.807) is 0 Å². The number of hydrogen-bond donors (Lipinski definition) is 1. The molecule has 23 heavy (non-hydrogen) atoms. The van der Waals surface area contributed by atoms with Crippen LogP contribution in [0.25, 0.3) is 0 Å². The van der Waals surface area contributed by atoms with Gasteiger partial charge in [0.15, 0.2) is 0 Å². The van der Waals surface area contributed by atoms with Gasteiger partial charge in [0, 0.05) is 0 Å². The smallest absolute Gasteiger partial charge is 0.122 e. The molecule has 0 saturated heterocycles. The molecule has 3 nitrogen and oxygen atoms in total. The Kier molecular flexibility index (Phi) is 7.47. The van der Waals surface area contributed by atoms with Crippen LogP contribution in [0.4, 0.5) is 0 Å². The molecule has 0 bridgehead atoms. The van der Waals surface area contributed by atoms with Crippen LogP contribution < -0.4 is 14.8 Å². The molecule has 0 aliphatic carbocycles. The third kappa shape index (κ3) is 5.61. The third-order valence-corrected chi connectivity index (χ3v) is 3.69. The van der Waals surface area contributed by atoms with Crippen LogP contribution in [0.5, 0.6) is 11.5 Å². The minimum absolute atomic E-state index is 0.707. The van der Waals surface area contributed by atoms with Crippen LogP contribution in [0.2, 0.25) is 0 Å². The summed E-state index contributed by atoms with van der Waals surface area (Å²) in [7, 11) is 0. The first kappa shape index (κ1) is 17.4. The molecule has 0 radical (unpaired) electrons. The molecular weight excluding hydrogens is 286 g/mol. The Hall–Kier alpha value is -2.00. The topological polar surface area (TPSA) is 30.5 Å². The lowest BCUT2D eigenvalue weighted by Crippen LogP contribution is -2.20. The molecule has 3 heteroatoms. The monoisotopic (exact) mass is 313 g/mol.